The molecule has 1 N–H and O–H groups in total. The van der Waals surface area contributed by atoms with E-state index >= 15 is 0 Å². The Kier molecular flexibility index (Phi) is 3.05. The SMILES string of the molecule is CC1(C)CCN(c2cc(C(=O)O)ccn2)CC1. The topological polar surface area (TPSA) is 53.4 Å². The molecule has 0 saturated carbocycles. The second-order valence-corrected chi connectivity index (χ2v) is 5.36. The van der Waals surface area contributed by atoms with Gasteiger partial charge in [-0.25, -0.2) is 9.78 Å². The van der Waals surface area contributed by atoms with Crippen LogP contribution in [0.15, 0.2) is 18.3 Å². The standard InChI is InChI=1S/C13H18N2O2/c1-13(2)4-7-15(8-5-13)11-9-10(12(16)17)3-6-14-11/h3,6,9H,4-5,7-8H2,1-2H3,(H,16,17). The Morgan fingerprint density at radius 3 is 2.65 bits per heavy atom. The minimum absolute atomic E-state index is 0.305. The summed E-state index contributed by atoms with van der Waals surface area (Å²) in [7, 11) is 0. The number of aromatic carboxylic acids is 1. The largest absolute Gasteiger partial charge is 0.478 e. The van der Waals surface area contributed by atoms with E-state index in [0.29, 0.717) is 11.0 Å². The maximum atomic E-state index is 10.9. The maximum Gasteiger partial charge on any atom is 0.335 e. The van der Waals surface area contributed by atoms with Crippen LogP contribution in [0.25, 0.3) is 0 Å². The molecule has 2 rings (SSSR count). The van der Waals surface area contributed by atoms with Gasteiger partial charge in [-0.15, -0.1) is 0 Å². The first-order chi connectivity index (χ1) is 7.98. The Morgan fingerprint density at radius 2 is 2.06 bits per heavy atom. The number of hydrogen-bond acceptors (Lipinski definition) is 3. The van der Waals surface area contributed by atoms with Gasteiger partial charge in [-0.05, 0) is 30.4 Å². The van der Waals surface area contributed by atoms with Crippen molar-refractivity contribution in [1.29, 1.82) is 0 Å². The lowest BCUT2D eigenvalue weighted by molar-refractivity contribution is 0.0696. The van der Waals surface area contributed by atoms with Crippen molar-refractivity contribution in [2.24, 2.45) is 5.41 Å². The highest BCUT2D eigenvalue weighted by atomic mass is 16.4. The summed E-state index contributed by atoms with van der Waals surface area (Å²) in [5, 5.41) is 8.94. The third kappa shape index (κ3) is 2.75. The number of carboxylic acids is 1. The number of piperidine rings is 1. The summed E-state index contributed by atoms with van der Waals surface area (Å²) in [6.45, 7) is 6.43. The number of pyridine rings is 1. The van der Waals surface area contributed by atoms with Gasteiger partial charge in [0.2, 0.25) is 0 Å². The molecule has 4 nitrogen and oxygen atoms in total. The molecular weight excluding hydrogens is 216 g/mol. The van der Waals surface area contributed by atoms with Gasteiger partial charge < -0.3 is 10.0 Å². The Hall–Kier alpha value is -1.58. The fraction of sp³-hybridized carbons (Fsp3) is 0.538. The summed E-state index contributed by atoms with van der Waals surface area (Å²) in [5.74, 6) is -0.119. The molecule has 0 aromatic carbocycles. The van der Waals surface area contributed by atoms with Gasteiger partial charge in [0, 0.05) is 19.3 Å². The molecule has 0 bridgehead atoms. The molecule has 2 heterocycles. The van der Waals surface area contributed by atoms with Crippen molar-refractivity contribution < 1.29 is 9.90 Å². The minimum Gasteiger partial charge on any atom is -0.478 e. The van der Waals surface area contributed by atoms with Crippen LogP contribution in [0, 0.1) is 5.41 Å². The van der Waals surface area contributed by atoms with Crippen molar-refractivity contribution in [1.82, 2.24) is 4.98 Å². The van der Waals surface area contributed by atoms with Gasteiger partial charge in [0.25, 0.3) is 0 Å². The maximum absolute atomic E-state index is 10.9. The van der Waals surface area contributed by atoms with Crippen LogP contribution < -0.4 is 4.90 Å². The molecule has 4 heteroatoms. The van der Waals surface area contributed by atoms with Crippen LogP contribution in [0.5, 0.6) is 0 Å². The number of nitrogens with zero attached hydrogens (tertiary/aromatic N) is 2. The number of carbonyl (C=O) groups is 1. The zero-order valence-corrected chi connectivity index (χ0v) is 10.3. The highest BCUT2D eigenvalue weighted by Crippen LogP contribution is 2.31. The molecule has 92 valence electrons. The fourth-order valence-electron chi connectivity index (χ4n) is 2.07. The lowest BCUT2D eigenvalue weighted by Gasteiger charge is -2.37. The average Bonchev–Trinajstić information content (AvgIpc) is 2.29. The van der Waals surface area contributed by atoms with E-state index in [1.165, 1.54) is 6.07 Å². The van der Waals surface area contributed by atoms with E-state index in [0.717, 1.165) is 31.7 Å². The minimum atomic E-state index is -0.897. The predicted octanol–water partition coefficient (Wildman–Crippen LogP) is 2.41. The molecule has 0 spiro atoms. The van der Waals surface area contributed by atoms with E-state index < -0.39 is 5.97 Å². The quantitative estimate of drug-likeness (QED) is 0.853. The second kappa shape index (κ2) is 4.35. The zero-order valence-electron chi connectivity index (χ0n) is 10.3. The molecular formula is C13H18N2O2. The van der Waals surface area contributed by atoms with Crippen molar-refractivity contribution in [2.45, 2.75) is 26.7 Å². The fourth-order valence-corrected chi connectivity index (χ4v) is 2.07. The summed E-state index contributed by atoms with van der Waals surface area (Å²) in [6, 6.07) is 3.18. The summed E-state index contributed by atoms with van der Waals surface area (Å²) in [6.07, 6.45) is 3.80. The van der Waals surface area contributed by atoms with Gasteiger partial charge in [0.1, 0.15) is 5.82 Å². The lowest BCUT2D eigenvalue weighted by Crippen LogP contribution is -2.37. The van der Waals surface area contributed by atoms with Crippen LogP contribution in [0.2, 0.25) is 0 Å². The lowest BCUT2D eigenvalue weighted by atomic mass is 9.83. The third-order valence-corrected chi connectivity index (χ3v) is 3.43. The van der Waals surface area contributed by atoms with E-state index in [2.05, 4.69) is 23.7 Å². The molecule has 0 amide bonds. The van der Waals surface area contributed by atoms with E-state index in [4.69, 9.17) is 5.11 Å². The molecule has 0 aliphatic carbocycles. The average molecular weight is 234 g/mol. The highest BCUT2D eigenvalue weighted by Gasteiger charge is 2.26. The summed E-state index contributed by atoms with van der Waals surface area (Å²) in [5.41, 5.74) is 0.695. The van der Waals surface area contributed by atoms with Gasteiger partial charge in [0.15, 0.2) is 0 Å². The number of anilines is 1. The van der Waals surface area contributed by atoms with Gasteiger partial charge in [-0.1, -0.05) is 13.8 Å². The van der Waals surface area contributed by atoms with E-state index in [9.17, 15) is 4.79 Å². The second-order valence-electron chi connectivity index (χ2n) is 5.36. The molecule has 1 aromatic rings. The van der Waals surface area contributed by atoms with Crippen LogP contribution in [0.4, 0.5) is 5.82 Å². The van der Waals surface area contributed by atoms with Gasteiger partial charge in [-0.3, -0.25) is 0 Å². The number of aromatic nitrogens is 1. The predicted molar refractivity (Wildman–Crippen MR) is 66.4 cm³/mol. The van der Waals surface area contributed by atoms with E-state index in [-0.39, 0.29) is 0 Å². The van der Waals surface area contributed by atoms with Crippen LogP contribution in [-0.2, 0) is 0 Å². The van der Waals surface area contributed by atoms with E-state index in [1.807, 2.05) is 0 Å². The molecule has 1 saturated heterocycles. The van der Waals surface area contributed by atoms with Crippen LogP contribution >= 0.6 is 0 Å². The van der Waals surface area contributed by atoms with Gasteiger partial charge in [0.05, 0.1) is 5.56 Å². The molecule has 0 atom stereocenters. The smallest absolute Gasteiger partial charge is 0.335 e. The monoisotopic (exact) mass is 234 g/mol. The molecule has 1 aliphatic rings. The normalized spacial score (nSPS) is 19.1. The van der Waals surface area contributed by atoms with Gasteiger partial charge >= 0.3 is 5.97 Å². The van der Waals surface area contributed by atoms with Crippen LogP contribution in [0.1, 0.15) is 37.0 Å². The van der Waals surface area contributed by atoms with Crippen molar-refractivity contribution in [3.8, 4) is 0 Å². The Morgan fingerprint density at radius 1 is 1.41 bits per heavy atom. The molecule has 1 aliphatic heterocycles. The Bertz CT molecular complexity index is 419. The first-order valence-corrected chi connectivity index (χ1v) is 5.92. The van der Waals surface area contributed by atoms with Crippen LogP contribution in [0.3, 0.4) is 0 Å². The highest BCUT2D eigenvalue weighted by molar-refractivity contribution is 5.88. The molecule has 0 radical (unpaired) electrons. The zero-order chi connectivity index (χ0) is 12.5. The first-order valence-electron chi connectivity index (χ1n) is 5.92. The van der Waals surface area contributed by atoms with Crippen molar-refractivity contribution >= 4 is 11.8 Å². The number of hydrogen-bond donors (Lipinski definition) is 1. The van der Waals surface area contributed by atoms with E-state index in [1.54, 1.807) is 12.3 Å². The van der Waals surface area contributed by atoms with Crippen molar-refractivity contribution in [3.05, 3.63) is 23.9 Å². The summed E-state index contributed by atoms with van der Waals surface area (Å²) < 4.78 is 0. The molecule has 0 unspecified atom stereocenters. The first kappa shape index (κ1) is 11.9. The molecule has 1 aromatic heterocycles. The van der Waals surface area contributed by atoms with Crippen LogP contribution in [-0.4, -0.2) is 29.1 Å². The van der Waals surface area contributed by atoms with Gasteiger partial charge in [-0.2, -0.15) is 0 Å². The number of carboxylic acid groups (broad SMARTS) is 1. The van der Waals surface area contributed by atoms with Crippen molar-refractivity contribution in [2.75, 3.05) is 18.0 Å². The Labute approximate surface area is 101 Å². The molecule has 1 fully saturated rings. The molecule has 17 heavy (non-hydrogen) atoms. The Balaban J connectivity index is 2.13. The summed E-state index contributed by atoms with van der Waals surface area (Å²) in [4.78, 5) is 17.3. The third-order valence-electron chi connectivity index (χ3n) is 3.43. The van der Waals surface area contributed by atoms with Crippen molar-refractivity contribution in [3.63, 3.8) is 0 Å². The number of rotatable bonds is 2. The summed E-state index contributed by atoms with van der Waals surface area (Å²) >= 11 is 0.